The van der Waals surface area contributed by atoms with Gasteiger partial charge < -0.3 is 10.1 Å². The Morgan fingerprint density at radius 1 is 1.32 bits per heavy atom. The van der Waals surface area contributed by atoms with E-state index in [1.165, 1.54) is 0 Å². The van der Waals surface area contributed by atoms with Crippen LogP contribution in [0.1, 0.15) is 5.56 Å². The Morgan fingerprint density at radius 2 is 2.05 bits per heavy atom. The van der Waals surface area contributed by atoms with Crippen LogP contribution in [0, 0.1) is 11.3 Å². The molecule has 0 spiro atoms. The number of nitrogens with one attached hydrogen (secondary N) is 1. The van der Waals surface area contributed by atoms with E-state index in [0.717, 1.165) is 11.7 Å². The van der Waals surface area contributed by atoms with Gasteiger partial charge in [0.05, 0.1) is 6.20 Å². The van der Waals surface area contributed by atoms with Crippen LogP contribution in [0.15, 0.2) is 30.7 Å². The third kappa shape index (κ3) is 4.68. The summed E-state index contributed by atoms with van der Waals surface area (Å²) < 4.78 is 7.38. The molecule has 7 heteroatoms. The number of anilines is 2. The van der Waals surface area contributed by atoms with Gasteiger partial charge in [-0.1, -0.05) is 19.6 Å². The second-order valence-corrected chi connectivity index (χ2v) is 11.8. The molecule has 116 valence electrons. The first-order chi connectivity index (χ1) is 10.5. The smallest absolute Gasteiger partial charge is 0.149 e. The largest absolute Gasteiger partial charge is 0.359 e. The first kappa shape index (κ1) is 16.2. The minimum absolute atomic E-state index is 0.333. The maximum atomic E-state index is 9.20. The lowest BCUT2D eigenvalue weighted by molar-refractivity contribution is 0.0801. The Morgan fingerprint density at radius 3 is 2.68 bits per heavy atom. The molecule has 22 heavy (non-hydrogen) atoms. The zero-order valence-electron chi connectivity index (χ0n) is 13.2. The molecule has 0 unspecified atom stereocenters. The number of hydrogen-bond donors (Lipinski definition) is 1. The van der Waals surface area contributed by atoms with Crippen LogP contribution >= 0.6 is 0 Å². The molecule has 0 radical (unpaired) electrons. The van der Waals surface area contributed by atoms with Crippen molar-refractivity contribution in [3.05, 3.63) is 36.3 Å². The number of hydrogen-bond acceptors (Lipinski definition) is 5. The third-order valence-corrected chi connectivity index (χ3v) is 4.82. The third-order valence-electron chi connectivity index (χ3n) is 3.11. The van der Waals surface area contributed by atoms with Gasteiger partial charge in [-0.2, -0.15) is 10.4 Å². The number of pyridine rings is 1. The van der Waals surface area contributed by atoms with E-state index in [0.29, 0.717) is 24.7 Å². The summed E-state index contributed by atoms with van der Waals surface area (Å²) in [6.45, 7) is 7.99. The first-order valence-corrected chi connectivity index (χ1v) is 10.9. The molecule has 0 amide bonds. The number of nitriles is 1. The molecular weight excluding hydrogens is 294 g/mol. The van der Waals surface area contributed by atoms with E-state index < -0.39 is 8.07 Å². The molecule has 0 bridgehead atoms. The first-order valence-electron chi connectivity index (χ1n) is 7.20. The molecule has 0 aromatic carbocycles. The molecule has 1 N–H and O–H groups in total. The summed E-state index contributed by atoms with van der Waals surface area (Å²) in [5.41, 5.74) is 1.35. The fourth-order valence-corrected chi connectivity index (χ4v) is 2.55. The average molecular weight is 315 g/mol. The number of rotatable bonds is 7. The standard InChI is InChI=1S/C15H21N5OSi/c1-22(2,3)9-8-21-12-20-15(13(10-16)11-18-20)19-14-4-6-17-7-5-14/h4-7,11H,8-9,12H2,1-3H3,(H,17,19). The van der Waals surface area contributed by atoms with Crippen molar-refractivity contribution in [2.75, 3.05) is 11.9 Å². The van der Waals surface area contributed by atoms with E-state index in [9.17, 15) is 5.26 Å². The SMILES string of the molecule is C[Si](C)(C)CCOCn1ncc(C#N)c1Nc1ccncc1. The molecule has 6 nitrogen and oxygen atoms in total. The minimum Gasteiger partial charge on any atom is -0.359 e. The van der Waals surface area contributed by atoms with E-state index >= 15 is 0 Å². The number of nitrogens with zero attached hydrogens (tertiary/aromatic N) is 4. The second kappa shape index (κ2) is 7.20. The summed E-state index contributed by atoms with van der Waals surface area (Å²) in [6.07, 6.45) is 4.94. The molecule has 2 aromatic heterocycles. The van der Waals surface area contributed by atoms with Crippen molar-refractivity contribution >= 4 is 19.6 Å². The van der Waals surface area contributed by atoms with Gasteiger partial charge in [-0.05, 0) is 18.2 Å². The Labute approximate surface area is 131 Å². The molecule has 0 aliphatic rings. The lowest BCUT2D eigenvalue weighted by Crippen LogP contribution is -2.22. The predicted octanol–water partition coefficient (Wildman–Crippen LogP) is 3.21. The van der Waals surface area contributed by atoms with Crippen LogP contribution in [0.4, 0.5) is 11.5 Å². The highest BCUT2D eigenvalue weighted by Gasteiger charge is 2.14. The van der Waals surface area contributed by atoms with Crippen LogP contribution in [0.25, 0.3) is 0 Å². The van der Waals surface area contributed by atoms with Crippen LogP contribution in [0.5, 0.6) is 0 Å². The summed E-state index contributed by atoms with van der Waals surface area (Å²) in [5, 5.41) is 16.6. The Kier molecular flexibility index (Phi) is 5.30. The summed E-state index contributed by atoms with van der Waals surface area (Å²) in [6, 6.07) is 6.92. The Bertz CT molecular complexity index is 642. The molecule has 0 saturated heterocycles. The Balaban J connectivity index is 2.03. The van der Waals surface area contributed by atoms with Crippen molar-refractivity contribution in [2.24, 2.45) is 0 Å². The van der Waals surface area contributed by atoms with Crippen LogP contribution < -0.4 is 5.32 Å². The number of aromatic nitrogens is 3. The van der Waals surface area contributed by atoms with E-state index in [-0.39, 0.29) is 0 Å². The van der Waals surface area contributed by atoms with Crippen molar-refractivity contribution < 1.29 is 4.74 Å². The quantitative estimate of drug-likeness (QED) is 0.627. The van der Waals surface area contributed by atoms with Gasteiger partial charge in [0.15, 0.2) is 0 Å². The van der Waals surface area contributed by atoms with Crippen molar-refractivity contribution in [3.8, 4) is 6.07 Å². The molecule has 0 atom stereocenters. The average Bonchev–Trinajstić information content (AvgIpc) is 2.86. The van der Waals surface area contributed by atoms with Gasteiger partial charge in [0.2, 0.25) is 0 Å². The Hall–Kier alpha value is -2.17. The fourth-order valence-electron chi connectivity index (χ4n) is 1.80. The predicted molar refractivity (Wildman–Crippen MR) is 88.6 cm³/mol. The van der Waals surface area contributed by atoms with Gasteiger partial charge in [0.25, 0.3) is 0 Å². The summed E-state index contributed by atoms with van der Waals surface area (Å²) in [4.78, 5) is 3.98. The lowest BCUT2D eigenvalue weighted by Gasteiger charge is -2.16. The van der Waals surface area contributed by atoms with E-state index in [2.05, 4.69) is 41.1 Å². The minimum atomic E-state index is -1.10. The molecule has 2 heterocycles. The summed E-state index contributed by atoms with van der Waals surface area (Å²) in [5.74, 6) is 0.640. The van der Waals surface area contributed by atoms with Crippen LogP contribution in [-0.2, 0) is 11.5 Å². The second-order valence-electron chi connectivity index (χ2n) is 6.23. The molecular formula is C15H21N5OSi. The summed E-state index contributed by atoms with van der Waals surface area (Å²) >= 11 is 0. The molecule has 2 rings (SSSR count). The zero-order valence-corrected chi connectivity index (χ0v) is 14.2. The monoisotopic (exact) mass is 315 g/mol. The normalized spacial score (nSPS) is 11.2. The van der Waals surface area contributed by atoms with Gasteiger partial charge in [-0.3, -0.25) is 4.98 Å². The molecule has 2 aromatic rings. The van der Waals surface area contributed by atoms with Gasteiger partial charge >= 0.3 is 0 Å². The number of ether oxygens (including phenoxy) is 1. The lowest BCUT2D eigenvalue weighted by atomic mass is 10.3. The molecule has 0 fully saturated rings. The molecule has 0 aliphatic heterocycles. The van der Waals surface area contributed by atoms with Crippen molar-refractivity contribution in [3.63, 3.8) is 0 Å². The van der Waals surface area contributed by atoms with Crippen molar-refractivity contribution in [1.82, 2.24) is 14.8 Å². The van der Waals surface area contributed by atoms with E-state index in [4.69, 9.17) is 4.74 Å². The van der Waals surface area contributed by atoms with Crippen molar-refractivity contribution in [1.29, 1.82) is 5.26 Å². The van der Waals surface area contributed by atoms with Gasteiger partial charge in [0, 0.05) is 32.8 Å². The maximum Gasteiger partial charge on any atom is 0.149 e. The highest BCUT2D eigenvalue weighted by atomic mass is 28.3. The highest BCUT2D eigenvalue weighted by molar-refractivity contribution is 6.76. The maximum absolute atomic E-state index is 9.20. The highest BCUT2D eigenvalue weighted by Crippen LogP contribution is 2.20. The van der Waals surface area contributed by atoms with Gasteiger partial charge in [-0.15, -0.1) is 0 Å². The summed E-state index contributed by atoms with van der Waals surface area (Å²) in [7, 11) is -1.10. The van der Waals surface area contributed by atoms with E-state index in [1.54, 1.807) is 23.3 Å². The topological polar surface area (TPSA) is 75.8 Å². The van der Waals surface area contributed by atoms with Crippen molar-refractivity contribution in [2.45, 2.75) is 32.4 Å². The van der Waals surface area contributed by atoms with Crippen LogP contribution in [-0.4, -0.2) is 29.4 Å². The zero-order chi connectivity index (χ0) is 16.0. The molecule has 0 aliphatic carbocycles. The molecule has 0 saturated carbocycles. The van der Waals surface area contributed by atoms with Gasteiger partial charge in [0.1, 0.15) is 24.2 Å². The van der Waals surface area contributed by atoms with Crippen LogP contribution in [0.2, 0.25) is 25.7 Å². The fraction of sp³-hybridized carbons (Fsp3) is 0.400. The van der Waals surface area contributed by atoms with Gasteiger partial charge in [-0.25, -0.2) is 4.68 Å². The van der Waals surface area contributed by atoms with Crippen LogP contribution in [0.3, 0.4) is 0 Å². The van der Waals surface area contributed by atoms with E-state index in [1.807, 2.05) is 12.1 Å².